The summed E-state index contributed by atoms with van der Waals surface area (Å²) in [7, 11) is 0. The van der Waals surface area contributed by atoms with Crippen LogP contribution < -0.4 is 5.73 Å². The highest BCUT2D eigenvalue weighted by Gasteiger charge is 2.32. The van der Waals surface area contributed by atoms with Gasteiger partial charge in [0.2, 0.25) is 11.8 Å². The summed E-state index contributed by atoms with van der Waals surface area (Å²) in [6.07, 6.45) is 3.74. The third-order valence-corrected chi connectivity index (χ3v) is 5.18. The van der Waals surface area contributed by atoms with Crippen molar-refractivity contribution in [3.63, 3.8) is 0 Å². The maximum absolute atomic E-state index is 12.5. The van der Waals surface area contributed by atoms with Crippen molar-refractivity contribution in [2.24, 2.45) is 11.7 Å². The van der Waals surface area contributed by atoms with Crippen LogP contribution in [0.25, 0.3) is 10.8 Å². The van der Waals surface area contributed by atoms with Crippen LogP contribution in [0.3, 0.4) is 0 Å². The van der Waals surface area contributed by atoms with Crippen molar-refractivity contribution in [2.45, 2.75) is 45.1 Å². The van der Waals surface area contributed by atoms with E-state index in [1.54, 1.807) is 4.90 Å². The number of nitrogens with two attached hydrogens (primary N) is 1. The van der Waals surface area contributed by atoms with Crippen molar-refractivity contribution in [3.8, 4) is 0 Å². The first-order valence-corrected chi connectivity index (χ1v) is 9.11. The number of amides is 2. The van der Waals surface area contributed by atoms with Crippen molar-refractivity contribution < 1.29 is 9.59 Å². The quantitative estimate of drug-likeness (QED) is 0.909. The highest BCUT2D eigenvalue weighted by Crippen LogP contribution is 2.24. The summed E-state index contributed by atoms with van der Waals surface area (Å²) < 4.78 is 0. The van der Waals surface area contributed by atoms with Crippen molar-refractivity contribution in [1.82, 2.24) is 4.90 Å². The smallest absolute Gasteiger partial charge is 0.240 e. The van der Waals surface area contributed by atoms with E-state index in [0.29, 0.717) is 25.3 Å². The van der Waals surface area contributed by atoms with Crippen molar-refractivity contribution >= 4 is 22.6 Å². The first-order chi connectivity index (χ1) is 12.0. The fourth-order valence-corrected chi connectivity index (χ4v) is 3.69. The average Bonchev–Trinajstić information content (AvgIpc) is 2.61. The highest BCUT2D eigenvalue weighted by molar-refractivity contribution is 5.87. The number of benzene rings is 2. The van der Waals surface area contributed by atoms with Gasteiger partial charge in [-0.25, -0.2) is 0 Å². The summed E-state index contributed by atoms with van der Waals surface area (Å²) in [6, 6.07) is 14.3. The molecular formula is C21H26N2O2. The summed E-state index contributed by atoms with van der Waals surface area (Å²) in [5.41, 5.74) is 6.74. The Bertz CT molecular complexity index is 771. The second-order valence-electron chi connectivity index (χ2n) is 7.17. The molecule has 1 fully saturated rings. The van der Waals surface area contributed by atoms with Gasteiger partial charge in [0.1, 0.15) is 6.04 Å². The number of carbonyl (C=O) groups excluding carboxylic acids is 2. The van der Waals surface area contributed by atoms with Crippen LogP contribution >= 0.6 is 0 Å². The Kier molecular flexibility index (Phi) is 5.37. The van der Waals surface area contributed by atoms with Crippen LogP contribution in [0, 0.1) is 5.92 Å². The molecule has 0 bridgehead atoms. The Morgan fingerprint density at radius 3 is 2.68 bits per heavy atom. The lowest BCUT2D eigenvalue weighted by atomic mass is 9.91. The molecule has 1 heterocycles. The number of rotatable bonds is 5. The predicted molar refractivity (Wildman–Crippen MR) is 100.0 cm³/mol. The van der Waals surface area contributed by atoms with Crippen molar-refractivity contribution in [2.75, 3.05) is 6.54 Å². The number of hydrogen-bond donors (Lipinski definition) is 1. The maximum Gasteiger partial charge on any atom is 0.240 e. The van der Waals surface area contributed by atoms with E-state index in [4.69, 9.17) is 5.73 Å². The van der Waals surface area contributed by atoms with Gasteiger partial charge >= 0.3 is 0 Å². The van der Waals surface area contributed by atoms with E-state index in [9.17, 15) is 9.59 Å². The van der Waals surface area contributed by atoms with E-state index in [2.05, 4.69) is 37.3 Å². The van der Waals surface area contributed by atoms with Gasteiger partial charge in [0, 0.05) is 13.0 Å². The molecule has 2 aromatic rings. The number of carbonyl (C=O) groups is 2. The van der Waals surface area contributed by atoms with Gasteiger partial charge in [-0.3, -0.25) is 9.59 Å². The van der Waals surface area contributed by atoms with E-state index >= 15 is 0 Å². The molecule has 2 aromatic carbocycles. The van der Waals surface area contributed by atoms with Crippen LogP contribution in [0.15, 0.2) is 42.5 Å². The molecule has 0 spiro atoms. The molecule has 1 aliphatic rings. The standard InChI is InChI=1S/C21H26N2O2/c1-15-11-12-23(19(13-15)21(22)25)20(24)8-4-5-16-9-10-17-6-2-3-7-18(17)14-16/h2-3,6-7,9-10,14-15,19H,4-5,8,11-13H2,1H3,(H2,22,25)/t15-,19-/m1/s1. The molecule has 4 heteroatoms. The first kappa shape index (κ1) is 17.5. The van der Waals surface area contributed by atoms with Gasteiger partial charge < -0.3 is 10.6 Å². The van der Waals surface area contributed by atoms with Gasteiger partial charge in [0.25, 0.3) is 0 Å². The van der Waals surface area contributed by atoms with E-state index in [-0.39, 0.29) is 11.8 Å². The molecule has 1 saturated heterocycles. The zero-order valence-corrected chi connectivity index (χ0v) is 14.8. The summed E-state index contributed by atoms with van der Waals surface area (Å²) >= 11 is 0. The maximum atomic E-state index is 12.5. The van der Waals surface area contributed by atoms with Gasteiger partial charge in [0.15, 0.2) is 0 Å². The minimum atomic E-state index is -0.433. The molecule has 3 rings (SSSR count). The number of nitrogens with zero attached hydrogens (tertiary/aromatic N) is 1. The summed E-state index contributed by atoms with van der Waals surface area (Å²) in [6.45, 7) is 2.75. The Balaban J connectivity index is 1.57. The first-order valence-electron chi connectivity index (χ1n) is 9.11. The molecule has 25 heavy (non-hydrogen) atoms. The second kappa shape index (κ2) is 7.68. The zero-order valence-electron chi connectivity index (χ0n) is 14.8. The molecule has 0 unspecified atom stereocenters. The van der Waals surface area contributed by atoms with Crippen LogP contribution in [-0.4, -0.2) is 29.3 Å². The van der Waals surface area contributed by atoms with Gasteiger partial charge in [-0.2, -0.15) is 0 Å². The highest BCUT2D eigenvalue weighted by atomic mass is 16.2. The minimum Gasteiger partial charge on any atom is -0.368 e. The molecule has 0 aliphatic carbocycles. The number of primary amides is 1. The Hall–Kier alpha value is -2.36. The average molecular weight is 338 g/mol. The van der Waals surface area contributed by atoms with Gasteiger partial charge in [-0.1, -0.05) is 49.4 Å². The van der Waals surface area contributed by atoms with Crippen molar-refractivity contribution in [1.29, 1.82) is 0 Å². The largest absolute Gasteiger partial charge is 0.368 e. The topological polar surface area (TPSA) is 63.4 Å². The SMILES string of the molecule is C[C@@H]1CCN(C(=O)CCCc2ccc3ccccc3c2)[C@@H](C(N)=O)C1. The molecule has 4 nitrogen and oxygen atoms in total. The van der Waals surface area contributed by atoms with Gasteiger partial charge in [-0.15, -0.1) is 0 Å². The fourth-order valence-electron chi connectivity index (χ4n) is 3.69. The Labute approximate surface area is 149 Å². The predicted octanol–water partition coefficient (Wildman–Crippen LogP) is 3.27. The van der Waals surface area contributed by atoms with Crippen LogP contribution in [0.5, 0.6) is 0 Å². The second-order valence-corrected chi connectivity index (χ2v) is 7.17. The molecule has 0 aromatic heterocycles. The Morgan fingerprint density at radius 2 is 1.92 bits per heavy atom. The summed E-state index contributed by atoms with van der Waals surface area (Å²) in [5.74, 6) is 0.116. The van der Waals surface area contributed by atoms with Crippen LogP contribution in [-0.2, 0) is 16.0 Å². The fraction of sp³-hybridized carbons (Fsp3) is 0.429. The normalized spacial score (nSPS) is 20.6. The summed E-state index contributed by atoms with van der Waals surface area (Å²) in [5, 5.41) is 2.46. The third kappa shape index (κ3) is 4.19. The van der Waals surface area contributed by atoms with Crippen LogP contribution in [0.2, 0.25) is 0 Å². The van der Waals surface area contributed by atoms with Gasteiger partial charge in [-0.05, 0) is 47.9 Å². The minimum absolute atomic E-state index is 0.0523. The molecule has 0 radical (unpaired) electrons. The number of aryl methyl sites for hydroxylation is 1. The monoisotopic (exact) mass is 338 g/mol. The summed E-state index contributed by atoms with van der Waals surface area (Å²) in [4.78, 5) is 25.9. The lowest BCUT2D eigenvalue weighted by molar-refractivity contribution is -0.142. The molecule has 2 N–H and O–H groups in total. The van der Waals surface area contributed by atoms with Crippen molar-refractivity contribution in [3.05, 3.63) is 48.0 Å². The van der Waals surface area contributed by atoms with Gasteiger partial charge in [0.05, 0.1) is 0 Å². The lowest BCUT2D eigenvalue weighted by Gasteiger charge is -2.36. The van der Waals surface area contributed by atoms with Crippen LogP contribution in [0.1, 0.15) is 38.2 Å². The van der Waals surface area contributed by atoms with Crippen LogP contribution in [0.4, 0.5) is 0 Å². The van der Waals surface area contributed by atoms with E-state index in [1.165, 1.54) is 16.3 Å². The van der Waals surface area contributed by atoms with E-state index < -0.39 is 6.04 Å². The Morgan fingerprint density at radius 1 is 1.16 bits per heavy atom. The third-order valence-electron chi connectivity index (χ3n) is 5.18. The number of piperidine rings is 1. The molecular weight excluding hydrogens is 312 g/mol. The molecule has 2 atom stereocenters. The lowest BCUT2D eigenvalue weighted by Crippen LogP contribution is -2.52. The zero-order chi connectivity index (χ0) is 17.8. The molecule has 1 aliphatic heterocycles. The van der Waals surface area contributed by atoms with E-state index in [0.717, 1.165) is 19.3 Å². The molecule has 0 saturated carbocycles. The molecule has 132 valence electrons. The van der Waals surface area contributed by atoms with E-state index in [1.807, 2.05) is 12.1 Å². The molecule has 2 amide bonds. The number of fused-ring (bicyclic) bond motifs is 1. The number of likely N-dealkylation sites (tertiary alicyclic amines) is 1. The number of hydrogen-bond acceptors (Lipinski definition) is 2.